The highest BCUT2D eigenvalue weighted by Gasteiger charge is 2.20. The average molecular weight is 346 g/mol. The van der Waals surface area contributed by atoms with E-state index < -0.39 is 5.82 Å². The number of rotatable bonds is 7. The van der Waals surface area contributed by atoms with Crippen LogP contribution < -0.4 is 5.32 Å². The summed E-state index contributed by atoms with van der Waals surface area (Å²) in [6.07, 6.45) is 4.04. The van der Waals surface area contributed by atoms with Gasteiger partial charge in [0.25, 0.3) is 0 Å². The van der Waals surface area contributed by atoms with Crippen LogP contribution in [-0.2, 0) is 17.6 Å². The summed E-state index contributed by atoms with van der Waals surface area (Å²) in [4.78, 5) is 16.7. The molecule has 1 aliphatic rings. The van der Waals surface area contributed by atoms with Crippen molar-refractivity contribution in [3.05, 3.63) is 46.8 Å². The number of Topliss-reactive ketones (excluding diaryl/α,β-unsaturated/α-hetero) is 1. The molecule has 0 radical (unpaired) electrons. The SMILES string of the molecule is CCCCc1[nH]nc(C(=O)Cc2ccc([C@H]3CNCCO3)nc2)c1F. The van der Waals surface area contributed by atoms with Gasteiger partial charge in [0, 0.05) is 25.7 Å². The number of nitrogens with zero attached hydrogens (tertiary/aromatic N) is 2. The lowest BCUT2D eigenvalue weighted by atomic mass is 10.1. The van der Waals surface area contributed by atoms with Crippen LogP contribution in [0.2, 0.25) is 0 Å². The molecule has 134 valence electrons. The smallest absolute Gasteiger partial charge is 0.190 e. The number of aromatic amines is 1. The first kappa shape index (κ1) is 17.7. The van der Waals surface area contributed by atoms with Crippen molar-refractivity contribution in [3.8, 4) is 0 Å². The third-order valence-corrected chi connectivity index (χ3v) is 4.29. The van der Waals surface area contributed by atoms with Crippen molar-refractivity contribution in [2.24, 2.45) is 0 Å². The summed E-state index contributed by atoms with van der Waals surface area (Å²) >= 11 is 0. The normalized spacial score (nSPS) is 17.6. The van der Waals surface area contributed by atoms with Gasteiger partial charge in [0.15, 0.2) is 17.3 Å². The molecule has 3 heterocycles. The minimum atomic E-state index is -0.523. The average Bonchev–Trinajstić information content (AvgIpc) is 3.02. The zero-order chi connectivity index (χ0) is 17.6. The number of halogens is 1. The molecule has 0 spiro atoms. The summed E-state index contributed by atoms with van der Waals surface area (Å²) < 4.78 is 19.9. The number of ketones is 1. The minimum absolute atomic E-state index is 0.0663. The van der Waals surface area contributed by atoms with Crippen molar-refractivity contribution >= 4 is 5.78 Å². The number of nitrogens with one attached hydrogen (secondary N) is 2. The Labute approximate surface area is 146 Å². The molecule has 3 rings (SSSR count). The molecule has 1 fully saturated rings. The largest absolute Gasteiger partial charge is 0.369 e. The van der Waals surface area contributed by atoms with Gasteiger partial charge in [0.1, 0.15) is 6.10 Å². The van der Waals surface area contributed by atoms with Crippen LogP contribution in [0, 0.1) is 5.82 Å². The second-order valence-electron chi connectivity index (χ2n) is 6.22. The molecular weight excluding hydrogens is 323 g/mol. The van der Waals surface area contributed by atoms with Gasteiger partial charge in [-0.05, 0) is 24.5 Å². The van der Waals surface area contributed by atoms with E-state index in [9.17, 15) is 9.18 Å². The fourth-order valence-electron chi connectivity index (χ4n) is 2.82. The Bertz CT molecular complexity index is 708. The third kappa shape index (κ3) is 4.29. The quantitative estimate of drug-likeness (QED) is 0.753. The van der Waals surface area contributed by atoms with Gasteiger partial charge in [-0.2, -0.15) is 5.10 Å². The second kappa shape index (κ2) is 8.31. The Kier molecular flexibility index (Phi) is 5.88. The number of hydrogen-bond acceptors (Lipinski definition) is 5. The molecule has 6 nitrogen and oxygen atoms in total. The first-order chi connectivity index (χ1) is 12.2. The summed E-state index contributed by atoms with van der Waals surface area (Å²) in [6, 6.07) is 3.69. The molecule has 7 heteroatoms. The Morgan fingerprint density at radius 1 is 1.44 bits per heavy atom. The van der Waals surface area contributed by atoms with Gasteiger partial charge in [-0.1, -0.05) is 19.4 Å². The van der Waals surface area contributed by atoms with Crippen molar-refractivity contribution < 1.29 is 13.9 Å². The van der Waals surface area contributed by atoms with Crippen LogP contribution in [-0.4, -0.2) is 40.7 Å². The van der Waals surface area contributed by atoms with Gasteiger partial charge in [0.2, 0.25) is 0 Å². The van der Waals surface area contributed by atoms with E-state index in [-0.39, 0.29) is 24.0 Å². The molecule has 0 aromatic carbocycles. The summed E-state index contributed by atoms with van der Waals surface area (Å²) in [6.45, 7) is 4.26. The molecule has 2 aromatic rings. The zero-order valence-electron chi connectivity index (χ0n) is 14.3. The molecule has 0 unspecified atom stereocenters. The molecule has 2 N–H and O–H groups in total. The highest BCUT2D eigenvalue weighted by Crippen LogP contribution is 2.18. The number of aromatic nitrogens is 3. The number of carbonyl (C=O) groups is 1. The maximum absolute atomic E-state index is 14.3. The summed E-state index contributed by atoms with van der Waals surface area (Å²) in [7, 11) is 0. The Balaban J connectivity index is 1.63. The van der Waals surface area contributed by atoms with Gasteiger partial charge >= 0.3 is 0 Å². The topological polar surface area (TPSA) is 79.9 Å². The van der Waals surface area contributed by atoms with Crippen LogP contribution in [0.1, 0.15) is 53.3 Å². The van der Waals surface area contributed by atoms with Crippen molar-refractivity contribution in [2.75, 3.05) is 19.7 Å². The van der Waals surface area contributed by atoms with Crippen LogP contribution in [0.15, 0.2) is 18.3 Å². The number of H-pyrrole nitrogens is 1. The first-order valence-corrected chi connectivity index (χ1v) is 8.72. The lowest BCUT2D eigenvalue weighted by Crippen LogP contribution is -2.33. The van der Waals surface area contributed by atoms with Crippen LogP contribution in [0.3, 0.4) is 0 Å². The van der Waals surface area contributed by atoms with Crippen molar-refractivity contribution in [1.29, 1.82) is 0 Å². The monoisotopic (exact) mass is 346 g/mol. The number of unbranched alkanes of at least 4 members (excludes halogenated alkanes) is 1. The van der Waals surface area contributed by atoms with E-state index >= 15 is 0 Å². The molecular formula is C18H23FN4O2. The summed E-state index contributed by atoms with van der Waals surface area (Å²) in [5.41, 5.74) is 1.85. The van der Waals surface area contributed by atoms with E-state index in [1.165, 1.54) is 0 Å². The van der Waals surface area contributed by atoms with E-state index in [1.807, 2.05) is 19.1 Å². The molecule has 0 bridgehead atoms. The number of hydrogen-bond donors (Lipinski definition) is 2. The molecule has 25 heavy (non-hydrogen) atoms. The second-order valence-corrected chi connectivity index (χ2v) is 6.22. The van der Waals surface area contributed by atoms with Crippen molar-refractivity contribution in [3.63, 3.8) is 0 Å². The first-order valence-electron chi connectivity index (χ1n) is 8.72. The Morgan fingerprint density at radius 3 is 3.00 bits per heavy atom. The van der Waals surface area contributed by atoms with Crippen LogP contribution in [0.4, 0.5) is 4.39 Å². The van der Waals surface area contributed by atoms with Crippen LogP contribution in [0.5, 0.6) is 0 Å². The van der Waals surface area contributed by atoms with E-state index in [2.05, 4.69) is 20.5 Å². The van der Waals surface area contributed by atoms with Crippen molar-refractivity contribution in [1.82, 2.24) is 20.5 Å². The molecule has 1 atom stereocenters. The Morgan fingerprint density at radius 2 is 2.32 bits per heavy atom. The third-order valence-electron chi connectivity index (χ3n) is 4.29. The lowest BCUT2D eigenvalue weighted by Gasteiger charge is -2.23. The lowest BCUT2D eigenvalue weighted by molar-refractivity contribution is 0.0250. The van der Waals surface area contributed by atoms with Crippen LogP contribution >= 0.6 is 0 Å². The molecule has 1 saturated heterocycles. The number of morpholine rings is 1. The predicted molar refractivity (Wildman–Crippen MR) is 91.0 cm³/mol. The fraction of sp³-hybridized carbons (Fsp3) is 0.500. The summed E-state index contributed by atoms with van der Waals surface area (Å²) in [5.74, 6) is -0.869. The standard InChI is InChI=1S/C18H23FN4O2/c1-2-3-4-14-17(19)18(23-22-14)15(24)9-12-5-6-13(21-10-12)16-11-20-7-8-25-16/h5-6,10,16,20H,2-4,7-9,11H2,1H3,(H,22,23)/t16-/m1/s1. The van der Waals surface area contributed by atoms with E-state index in [1.54, 1.807) is 6.20 Å². The predicted octanol–water partition coefficient (Wildman–Crippen LogP) is 2.37. The number of aryl methyl sites for hydroxylation is 1. The summed E-state index contributed by atoms with van der Waals surface area (Å²) in [5, 5.41) is 9.75. The highest BCUT2D eigenvalue weighted by molar-refractivity contribution is 5.96. The van der Waals surface area contributed by atoms with Gasteiger partial charge in [-0.25, -0.2) is 4.39 Å². The van der Waals surface area contributed by atoms with Gasteiger partial charge in [0.05, 0.1) is 18.0 Å². The number of ether oxygens (including phenoxy) is 1. The maximum atomic E-state index is 14.3. The van der Waals surface area contributed by atoms with E-state index in [4.69, 9.17) is 4.74 Å². The highest BCUT2D eigenvalue weighted by atomic mass is 19.1. The van der Waals surface area contributed by atoms with Gasteiger partial charge in [-0.15, -0.1) is 0 Å². The Hall–Kier alpha value is -2.12. The molecule has 2 aromatic heterocycles. The molecule has 0 amide bonds. The fourth-order valence-corrected chi connectivity index (χ4v) is 2.82. The van der Waals surface area contributed by atoms with Crippen LogP contribution in [0.25, 0.3) is 0 Å². The molecule has 0 saturated carbocycles. The van der Waals surface area contributed by atoms with Gasteiger partial charge in [-0.3, -0.25) is 14.9 Å². The number of carbonyl (C=O) groups excluding carboxylic acids is 1. The van der Waals surface area contributed by atoms with E-state index in [0.29, 0.717) is 18.7 Å². The molecule has 0 aliphatic carbocycles. The van der Waals surface area contributed by atoms with Gasteiger partial charge < -0.3 is 10.1 Å². The minimum Gasteiger partial charge on any atom is -0.369 e. The number of pyridine rings is 1. The molecule has 1 aliphatic heterocycles. The van der Waals surface area contributed by atoms with Crippen molar-refractivity contribution in [2.45, 2.75) is 38.7 Å². The zero-order valence-corrected chi connectivity index (χ0v) is 14.3. The van der Waals surface area contributed by atoms with E-state index in [0.717, 1.165) is 37.2 Å². The maximum Gasteiger partial charge on any atom is 0.190 e.